The van der Waals surface area contributed by atoms with Crippen molar-refractivity contribution < 1.29 is 4.79 Å². The first-order chi connectivity index (χ1) is 10.7. The number of carbonyl (C=O) groups excluding carboxylic acids is 1. The number of hydrogen-bond donors (Lipinski definition) is 1. The molecule has 0 fully saturated rings. The molecule has 2 aromatic carbocycles. The highest BCUT2D eigenvalue weighted by molar-refractivity contribution is 5.88. The van der Waals surface area contributed by atoms with Crippen LogP contribution in [0.1, 0.15) is 29.9 Å². The average molecular weight is 289 g/mol. The van der Waals surface area contributed by atoms with Crippen molar-refractivity contribution in [2.75, 3.05) is 5.32 Å². The summed E-state index contributed by atoms with van der Waals surface area (Å²) in [5, 5.41) is 21.6. The van der Waals surface area contributed by atoms with Gasteiger partial charge in [0, 0.05) is 12.6 Å². The number of hydrogen-bond acceptors (Lipinski definition) is 3. The van der Waals surface area contributed by atoms with Crippen molar-refractivity contribution in [3.63, 3.8) is 0 Å². The van der Waals surface area contributed by atoms with Crippen molar-refractivity contribution in [2.45, 2.75) is 18.8 Å². The van der Waals surface area contributed by atoms with Crippen LogP contribution in [-0.4, -0.2) is 5.91 Å². The summed E-state index contributed by atoms with van der Waals surface area (Å²) in [4.78, 5) is 11.0. The van der Waals surface area contributed by atoms with Gasteiger partial charge in [-0.05, 0) is 23.3 Å². The Kier molecular flexibility index (Phi) is 4.90. The quantitative estimate of drug-likeness (QED) is 0.934. The molecule has 4 heteroatoms. The summed E-state index contributed by atoms with van der Waals surface area (Å²) in [5.41, 5.74) is 2.25. The Morgan fingerprint density at radius 1 is 0.909 bits per heavy atom. The van der Waals surface area contributed by atoms with E-state index in [1.54, 1.807) is 24.3 Å². The Labute approximate surface area is 129 Å². The summed E-state index contributed by atoms with van der Waals surface area (Å²) in [6.45, 7) is 1.44. The summed E-state index contributed by atoms with van der Waals surface area (Å²) < 4.78 is 0. The first-order valence-corrected chi connectivity index (χ1v) is 6.87. The van der Waals surface area contributed by atoms with Gasteiger partial charge >= 0.3 is 0 Å². The highest BCUT2D eigenvalue weighted by Gasteiger charge is 2.24. The summed E-state index contributed by atoms with van der Waals surface area (Å²) in [7, 11) is 0. The van der Waals surface area contributed by atoms with Crippen molar-refractivity contribution in [2.24, 2.45) is 0 Å². The maximum atomic E-state index is 11.0. The summed E-state index contributed by atoms with van der Waals surface area (Å²) >= 11 is 0. The zero-order valence-corrected chi connectivity index (χ0v) is 12.2. The SMILES string of the molecule is CC(=O)Nc1ccc([C@H](C#N)[C@H](C#N)c2ccccc2)cc1. The van der Waals surface area contributed by atoms with Crippen LogP contribution in [0.15, 0.2) is 54.6 Å². The normalized spacial score (nSPS) is 12.5. The Balaban J connectivity index is 2.30. The van der Waals surface area contributed by atoms with E-state index >= 15 is 0 Å². The molecule has 0 saturated carbocycles. The van der Waals surface area contributed by atoms with Gasteiger partial charge in [-0.25, -0.2) is 0 Å². The van der Waals surface area contributed by atoms with Gasteiger partial charge in [-0.1, -0.05) is 42.5 Å². The third-order valence-electron chi connectivity index (χ3n) is 3.36. The molecule has 4 nitrogen and oxygen atoms in total. The molecule has 1 amide bonds. The molecule has 0 aromatic heterocycles. The molecule has 22 heavy (non-hydrogen) atoms. The molecule has 0 spiro atoms. The van der Waals surface area contributed by atoms with E-state index in [1.807, 2.05) is 30.3 Å². The lowest BCUT2D eigenvalue weighted by atomic mass is 9.83. The number of benzene rings is 2. The third kappa shape index (κ3) is 3.50. The smallest absolute Gasteiger partial charge is 0.221 e. The molecule has 0 bridgehead atoms. The lowest BCUT2D eigenvalue weighted by molar-refractivity contribution is -0.114. The lowest BCUT2D eigenvalue weighted by Gasteiger charge is -2.16. The van der Waals surface area contributed by atoms with Crippen LogP contribution in [0.2, 0.25) is 0 Å². The van der Waals surface area contributed by atoms with Gasteiger partial charge in [0.1, 0.15) is 0 Å². The molecular weight excluding hydrogens is 274 g/mol. The van der Waals surface area contributed by atoms with E-state index in [-0.39, 0.29) is 5.91 Å². The minimum atomic E-state index is -0.557. The molecule has 0 radical (unpaired) electrons. The number of nitrogens with zero attached hydrogens (tertiary/aromatic N) is 2. The molecule has 0 unspecified atom stereocenters. The van der Waals surface area contributed by atoms with Gasteiger partial charge in [0.15, 0.2) is 0 Å². The van der Waals surface area contributed by atoms with Crippen molar-refractivity contribution in [3.8, 4) is 12.1 Å². The fourth-order valence-corrected chi connectivity index (χ4v) is 2.32. The van der Waals surface area contributed by atoms with Crippen LogP contribution in [0.25, 0.3) is 0 Å². The molecule has 2 rings (SSSR count). The Bertz CT molecular complexity index is 724. The highest BCUT2D eigenvalue weighted by Crippen LogP contribution is 2.32. The van der Waals surface area contributed by atoms with Crippen LogP contribution in [0, 0.1) is 22.7 Å². The fraction of sp³-hybridized carbons (Fsp3) is 0.167. The molecule has 0 aliphatic heterocycles. The van der Waals surface area contributed by atoms with E-state index in [0.717, 1.165) is 11.1 Å². The van der Waals surface area contributed by atoms with Crippen LogP contribution in [-0.2, 0) is 4.79 Å². The zero-order valence-electron chi connectivity index (χ0n) is 12.2. The van der Waals surface area contributed by atoms with E-state index in [2.05, 4.69) is 17.5 Å². The Morgan fingerprint density at radius 2 is 1.41 bits per heavy atom. The second kappa shape index (κ2) is 7.06. The van der Waals surface area contributed by atoms with Crippen LogP contribution in [0.5, 0.6) is 0 Å². The molecule has 0 heterocycles. The number of rotatable bonds is 4. The van der Waals surface area contributed by atoms with Crippen molar-refractivity contribution in [3.05, 3.63) is 65.7 Å². The molecule has 2 aromatic rings. The predicted octanol–water partition coefficient (Wildman–Crippen LogP) is 3.56. The standard InChI is InChI=1S/C18H15N3O/c1-13(22)21-16-9-7-15(8-10-16)18(12-20)17(11-19)14-5-3-2-4-6-14/h2-10,17-18H,1H3,(H,21,22)/t17-,18+/m1/s1. The van der Waals surface area contributed by atoms with E-state index in [4.69, 9.17) is 0 Å². The van der Waals surface area contributed by atoms with Crippen LogP contribution < -0.4 is 5.32 Å². The number of anilines is 1. The highest BCUT2D eigenvalue weighted by atomic mass is 16.1. The maximum Gasteiger partial charge on any atom is 0.221 e. The van der Waals surface area contributed by atoms with Crippen LogP contribution >= 0.6 is 0 Å². The van der Waals surface area contributed by atoms with Gasteiger partial charge in [0.05, 0.1) is 24.0 Å². The van der Waals surface area contributed by atoms with E-state index in [1.165, 1.54) is 6.92 Å². The zero-order chi connectivity index (χ0) is 15.9. The van der Waals surface area contributed by atoms with E-state index in [9.17, 15) is 15.3 Å². The largest absolute Gasteiger partial charge is 0.326 e. The molecular formula is C18H15N3O. The predicted molar refractivity (Wildman–Crippen MR) is 83.9 cm³/mol. The van der Waals surface area contributed by atoms with Gasteiger partial charge in [-0.2, -0.15) is 10.5 Å². The first-order valence-electron chi connectivity index (χ1n) is 6.87. The number of nitriles is 2. The average Bonchev–Trinajstić information content (AvgIpc) is 2.54. The fourth-order valence-electron chi connectivity index (χ4n) is 2.32. The molecule has 108 valence electrons. The van der Waals surface area contributed by atoms with Crippen molar-refractivity contribution in [1.82, 2.24) is 0 Å². The Morgan fingerprint density at radius 3 is 1.86 bits per heavy atom. The van der Waals surface area contributed by atoms with Crippen molar-refractivity contribution >= 4 is 11.6 Å². The van der Waals surface area contributed by atoms with E-state index < -0.39 is 11.8 Å². The minimum absolute atomic E-state index is 0.149. The van der Waals surface area contributed by atoms with Crippen molar-refractivity contribution in [1.29, 1.82) is 10.5 Å². The number of nitrogens with one attached hydrogen (secondary N) is 1. The van der Waals surface area contributed by atoms with Gasteiger partial charge in [-0.15, -0.1) is 0 Å². The lowest BCUT2D eigenvalue weighted by Crippen LogP contribution is -2.09. The van der Waals surface area contributed by atoms with Gasteiger partial charge < -0.3 is 5.32 Å². The molecule has 0 saturated heterocycles. The minimum Gasteiger partial charge on any atom is -0.326 e. The molecule has 0 aliphatic rings. The van der Waals surface area contributed by atoms with Crippen LogP contribution in [0.3, 0.4) is 0 Å². The second-order valence-electron chi connectivity index (χ2n) is 4.93. The summed E-state index contributed by atoms with van der Waals surface area (Å²) in [5.74, 6) is -1.24. The topological polar surface area (TPSA) is 76.7 Å². The van der Waals surface area contributed by atoms with E-state index in [0.29, 0.717) is 5.69 Å². The summed E-state index contributed by atoms with van der Waals surface area (Å²) in [6, 6.07) is 20.7. The monoisotopic (exact) mass is 289 g/mol. The van der Waals surface area contributed by atoms with Crippen LogP contribution in [0.4, 0.5) is 5.69 Å². The second-order valence-corrected chi connectivity index (χ2v) is 4.93. The molecule has 1 N–H and O–H groups in total. The Hall–Kier alpha value is -3.11. The summed E-state index contributed by atoms with van der Waals surface area (Å²) in [6.07, 6.45) is 0. The van der Waals surface area contributed by atoms with Gasteiger partial charge in [0.25, 0.3) is 0 Å². The molecule has 0 aliphatic carbocycles. The molecule has 2 atom stereocenters. The van der Waals surface area contributed by atoms with Gasteiger partial charge in [-0.3, -0.25) is 4.79 Å². The number of carbonyl (C=O) groups is 1. The maximum absolute atomic E-state index is 11.0. The third-order valence-corrected chi connectivity index (χ3v) is 3.36. The number of amides is 1. The van der Waals surface area contributed by atoms with Gasteiger partial charge in [0.2, 0.25) is 5.91 Å². The first kappa shape index (κ1) is 15.3.